The fourth-order valence-corrected chi connectivity index (χ4v) is 1.41. The second-order valence-electron chi connectivity index (χ2n) is 3.48. The average Bonchev–Trinajstić information content (AvgIpc) is 2.33. The van der Waals surface area contributed by atoms with E-state index in [-0.39, 0.29) is 11.7 Å². The molecule has 0 aliphatic rings. The molecule has 0 aliphatic heterocycles. The molecule has 2 rings (SSSR count). The van der Waals surface area contributed by atoms with Crippen molar-refractivity contribution in [3.63, 3.8) is 0 Å². The molecule has 17 heavy (non-hydrogen) atoms. The minimum Gasteiger partial charge on any atom is -0.312 e. The summed E-state index contributed by atoms with van der Waals surface area (Å²) in [6.07, 6.45) is 5.91. The highest BCUT2D eigenvalue weighted by molar-refractivity contribution is 6.29. The minimum absolute atomic E-state index is 0.194. The van der Waals surface area contributed by atoms with Crippen molar-refractivity contribution < 1.29 is 0 Å². The smallest absolute Gasteiger partial charge is 0.312 e. The Bertz CT molecular complexity index is 645. The third kappa shape index (κ3) is 2.42. The third-order valence-electron chi connectivity index (χ3n) is 2.24. The Morgan fingerprint density at radius 1 is 1.18 bits per heavy atom. The first-order valence-corrected chi connectivity index (χ1v) is 5.18. The van der Waals surface area contributed by atoms with Gasteiger partial charge in [0.15, 0.2) is 0 Å². The molecule has 0 aromatic carbocycles. The molecule has 7 heteroatoms. The molecule has 2 aromatic rings. The van der Waals surface area contributed by atoms with Crippen LogP contribution >= 0.6 is 11.6 Å². The summed E-state index contributed by atoms with van der Waals surface area (Å²) in [6.45, 7) is 0.194. The Hall–Kier alpha value is -1.95. The molecule has 0 saturated carbocycles. The molecule has 0 spiro atoms. The molecule has 2 aromatic heterocycles. The van der Waals surface area contributed by atoms with E-state index in [2.05, 4.69) is 9.97 Å². The SMILES string of the molecule is Cn1ccn(Cc2cnc(Cl)cn2)c(=O)c1=O. The van der Waals surface area contributed by atoms with E-state index in [1.807, 2.05) is 0 Å². The van der Waals surface area contributed by atoms with Gasteiger partial charge in [0.05, 0.1) is 24.6 Å². The highest BCUT2D eigenvalue weighted by Gasteiger charge is 2.04. The van der Waals surface area contributed by atoms with Gasteiger partial charge in [0, 0.05) is 19.4 Å². The Morgan fingerprint density at radius 3 is 2.59 bits per heavy atom. The normalized spacial score (nSPS) is 10.5. The van der Waals surface area contributed by atoms with Gasteiger partial charge in [-0.2, -0.15) is 0 Å². The summed E-state index contributed by atoms with van der Waals surface area (Å²) >= 11 is 5.60. The summed E-state index contributed by atoms with van der Waals surface area (Å²) in [5.74, 6) is 0. The van der Waals surface area contributed by atoms with Crippen LogP contribution in [-0.4, -0.2) is 19.1 Å². The van der Waals surface area contributed by atoms with Gasteiger partial charge in [0.25, 0.3) is 0 Å². The van der Waals surface area contributed by atoms with E-state index in [4.69, 9.17) is 11.6 Å². The molecule has 0 amide bonds. The van der Waals surface area contributed by atoms with Crippen molar-refractivity contribution in [2.75, 3.05) is 0 Å². The minimum atomic E-state index is -0.591. The zero-order valence-electron chi connectivity index (χ0n) is 9.00. The van der Waals surface area contributed by atoms with Gasteiger partial charge >= 0.3 is 11.1 Å². The van der Waals surface area contributed by atoms with Crippen molar-refractivity contribution in [1.82, 2.24) is 19.1 Å². The van der Waals surface area contributed by atoms with E-state index >= 15 is 0 Å². The van der Waals surface area contributed by atoms with Crippen LogP contribution in [0.15, 0.2) is 34.4 Å². The van der Waals surface area contributed by atoms with E-state index in [9.17, 15) is 9.59 Å². The van der Waals surface area contributed by atoms with Crippen LogP contribution in [0.5, 0.6) is 0 Å². The van der Waals surface area contributed by atoms with E-state index in [1.165, 1.54) is 41.0 Å². The quantitative estimate of drug-likeness (QED) is 0.708. The first-order valence-electron chi connectivity index (χ1n) is 4.80. The lowest BCUT2D eigenvalue weighted by molar-refractivity contribution is 0.682. The standard InChI is InChI=1S/C10H9ClN4O2/c1-14-2-3-15(10(17)9(14)16)6-7-4-13-8(11)5-12-7/h2-5H,6H2,1H3. The zero-order valence-corrected chi connectivity index (χ0v) is 9.76. The second kappa shape index (κ2) is 4.50. The Morgan fingerprint density at radius 2 is 1.94 bits per heavy atom. The Labute approximate surface area is 101 Å². The van der Waals surface area contributed by atoms with Crippen molar-refractivity contribution in [3.8, 4) is 0 Å². The molecule has 0 N–H and O–H groups in total. The fourth-order valence-electron chi connectivity index (χ4n) is 1.31. The van der Waals surface area contributed by atoms with E-state index in [0.717, 1.165) is 0 Å². The molecule has 0 bridgehead atoms. The van der Waals surface area contributed by atoms with Gasteiger partial charge in [-0.1, -0.05) is 11.6 Å². The van der Waals surface area contributed by atoms with E-state index < -0.39 is 11.1 Å². The largest absolute Gasteiger partial charge is 0.316 e. The van der Waals surface area contributed by atoms with Crippen LogP contribution in [0.4, 0.5) is 0 Å². The first-order chi connectivity index (χ1) is 8.08. The number of rotatable bonds is 2. The number of aryl methyl sites for hydroxylation is 1. The van der Waals surface area contributed by atoms with Crippen molar-refractivity contribution >= 4 is 11.6 Å². The van der Waals surface area contributed by atoms with E-state index in [0.29, 0.717) is 5.69 Å². The van der Waals surface area contributed by atoms with Gasteiger partial charge in [-0.3, -0.25) is 14.6 Å². The maximum atomic E-state index is 11.6. The molecule has 0 saturated heterocycles. The van der Waals surface area contributed by atoms with Gasteiger partial charge in [-0.15, -0.1) is 0 Å². The van der Waals surface area contributed by atoms with Crippen molar-refractivity contribution in [3.05, 3.63) is 56.3 Å². The highest BCUT2D eigenvalue weighted by atomic mass is 35.5. The Kier molecular flexibility index (Phi) is 3.06. The van der Waals surface area contributed by atoms with Gasteiger partial charge in [-0.05, 0) is 0 Å². The molecular weight excluding hydrogens is 244 g/mol. The number of halogens is 1. The zero-order chi connectivity index (χ0) is 12.4. The number of nitrogens with zero attached hydrogens (tertiary/aromatic N) is 4. The van der Waals surface area contributed by atoms with Crippen LogP contribution in [0.1, 0.15) is 5.69 Å². The maximum Gasteiger partial charge on any atom is 0.316 e. The Balaban J connectivity index is 2.37. The molecule has 0 unspecified atom stereocenters. The van der Waals surface area contributed by atoms with Gasteiger partial charge in [0.2, 0.25) is 0 Å². The van der Waals surface area contributed by atoms with Crippen LogP contribution < -0.4 is 11.1 Å². The number of hydrogen-bond acceptors (Lipinski definition) is 4. The summed E-state index contributed by atoms with van der Waals surface area (Å²) in [5, 5.41) is 0.282. The molecule has 0 fully saturated rings. The lowest BCUT2D eigenvalue weighted by Crippen LogP contribution is -2.39. The molecule has 0 aliphatic carbocycles. The average molecular weight is 253 g/mol. The van der Waals surface area contributed by atoms with Crippen molar-refractivity contribution in [2.24, 2.45) is 7.05 Å². The lowest BCUT2D eigenvalue weighted by Gasteiger charge is -2.05. The molecule has 6 nitrogen and oxygen atoms in total. The van der Waals surface area contributed by atoms with Crippen LogP contribution in [0.25, 0.3) is 0 Å². The maximum absolute atomic E-state index is 11.6. The first kappa shape index (κ1) is 11.5. The number of aromatic nitrogens is 4. The topological polar surface area (TPSA) is 69.8 Å². The predicted molar refractivity (Wildman–Crippen MR) is 62.1 cm³/mol. The summed E-state index contributed by atoms with van der Waals surface area (Å²) in [5.41, 5.74) is -0.606. The summed E-state index contributed by atoms with van der Waals surface area (Å²) in [7, 11) is 1.52. The second-order valence-corrected chi connectivity index (χ2v) is 3.86. The van der Waals surface area contributed by atoms with Crippen molar-refractivity contribution in [2.45, 2.75) is 6.54 Å². The van der Waals surface area contributed by atoms with Crippen molar-refractivity contribution in [1.29, 1.82) is 0 Å². The van der Waals surface area contributed by atoms with Gasteiger partial charge < -0.3 is 9.13 Å². The summed E-state index contributed by atoms with van der Waals surface area (Å²) in [4.78, 5) is 30.9. The monoisotopic (exact) mass is 252 g/mol. The van der Waals surface area contributed by atoms with Gasteiger partial charge in [-0.25, -0.2) is 4.98 Å². The highest BCUT2D eigenvalue weighted by Crippen LogP contribution is 2.01. The molecule has 0 radical (unpaired) electrons. The van der Waals surface area contributed by atoms with E-state index in [1.54, 1.807) is 0 Å². The molecule has 2 heterocycles. The van der Waals surface area contributed by atoms with Crippen LogP contribution in [0.3, 0.4) is 0 Å². The summed E-state index contributed by atoms with van der Waals surface area (Å²) in [6, 6.07) is 0. The fraction of sp³-hybridized carbons (Fsp3) is 0.200. The number of hydrogen-bond donors (Lipinski definition) is 0. The summed E-state index contributed by atoms with van der Waals surface area (Å²) < 4.78 is 2.51. The predicted octanol–water partition coefficient (Wildman–Crippen LogP) is 0.0387. The molecule has 0 atom stereocenters. The van der Waals surface area contributed by atoms with Crippen LogP contribution in [0, 0.1) is 0 Å². The lowest BCUT2D eigenvalue weighted by atomic mass is 10.4. The molecular formula is C10H9ClN4O2. The van der Waals surface area contributed by atoms with Gasteiger partial charge in [0.1, 0.15) is 5.15 Å². The van der Waals surface area contributed by atoms with Crippen LogP contribution in [-0.2, 0) is 13.6 Å². The third-order valence-corrected chi connectivity index (χ3v) is 2.44. The molecule has 88 valence electrons. The van der Waals surface area contributed by atoms with Crippen LogP contribution in [0.2, 0.25) is 5.15 Å².